The molecule has 6 bridgehead atoms. The second-order valence-electron chi connectivity index (χ2n) is 16.3. The standard InChI is InChI=1S/C42H52N4O5/c1-6-25-20-45(4)36-18-30-26-9-7-8-10-34(26)43-39(30)31(17-33(25)42(36,21-47)51-23(3)49)37-35(50-5)12-11-27-28-13-14-46-19-24-15-29(22(2)48)41(46)32(16-24)38(28)44-40(27)37/h6-12,22,24,29,31-33,36,41,43-44,47-48H,13-21H2,1-5H3/b25-6-/t22-,24+,29+,31+,32-,33-,36-,41-,42-/m0/s1. The molecule has 2 aromatic carbocycles. The molecular formula is C42H52N4O5. The summed E-state index contributed by atoms with van der Waals surface area (Å²) in [4.78, 5) is 25.9. The van der Waals surface area contributed by atoms with Crippen molar-refractivity contribution in [3.63, 3.8) is 0 Å². The molecule has 9 nitrogen and oxygen atoms in total. The van der Waals surface area contributed by atoms with E-state index in [0.29, 0.717) is 30.7 Å². The molecule has 6 heterocycles. The van der Waals surface area contributed by atoms with E-state index in [2.05, 4.69) is 76.2 Å². The monoisotopic (exact) mass is 692 g/mol. The lowest BCUT2D eigenvalue weighted by Crippen LogP contribution is -2.66. The molecule has 4 aliphatic heterocycles. The Labute approximate surface area is 300 Å². The molecule has 51 heavy (non-hydrogen) atoms. The van der Waals surface area contributed by atoms with Crippen LogP contribution in [0.4, 0.5) is 0 Å². The van der Waals surface area contributed by atoms with Gasteiger partial charge in [0.2, 0.25) is 0 Å². The number of piperidine rings is 3. The summed E-state index contributed by atoms with van der Waals surface area (Å²) in [7, 11) is 3.85. The topological polar surface area (TPSA) is 114 Å². The van der Waals surface area contributed by atoms with Crippen molar-refractivity contribution in [3.05, 3.63) is 76.1 Å². The van der Waals surface area contributed by atoms with E-state index < -0.39 is 5.60 Å². The number of aliphatic hydroxyl groups excluding tert-OH is 2. The van der Waals surface area contributed by atoms with Crippen molar-refractivity contribution in [2.24, 2.45) is 17.8 Å². The molecule has 0 spiro atoms. The van der Waals surface area contributed by atoms with Gasteiger partial charge in [-0.05, 0) is 88.2 Å². The van der Waals surface area contributed by atoms with Crippen LogP contribution in [0.1, 0.15) is 79.9 Å². The minimum Gasteiger partial charge on any atom is -0.496 e. The van der Waals surface area contributed by atoms with Crippen molar-refractivity contribution in [2.75, 3.05) is 40.4 Å². The minimum atomic E-state index is -1.12. The number of likely N-dealkylation sites (tertiary alicyclic amines) is 1. The Morgan fingerprint density at radius 2 is 1.92 bits per heavy atom. The Balaban J connectivity index is 1.29. The van der Waals surface area contributed by atoms with E-state index in [1.54, 1.807) is 7.11 Å². The van der Waals surface area contributed by atoms with Crippen LogP contribution in [0.2, 0.25) is 0 Å². The number of aromatic amines is 2. The summed E-state index contributed by atoms with van der Waals surface area (Å²) >= 11 is 0. The van der Waals surface area contributed by atoms with Crippen molar-refractivity contribution in [2.45, 2.75) is 88.5 Å². The predicted octanol–water partition coefficient (Wildman–Crippen LogP) is 5.64. The number of rotatable bonds is 5. The smallest absolute Gasteiger partial charge is 0.303 e. The zero-order valence-corrected chi connectivity index (χ0v) is 30.5. The molecule has 4 fully saturated rings. The molecule has 270 valence electrons. The predicted molar refractivity (Wildman–Crippen MR) is 198 cm³/mol. The van der Waals surface area contributed by atoms with Gasteiger partial charge in [0.1, 0.15) is 5.75 Å². The molecule has 1 unspecified atom stereocenters. The molecule has 2 aliphatic carbocycles. The number of carbonyl (C=O) groups excluding carboxylic acids is 1. The summed E-state index contributed by atoms with van der Waals surface area (Å²) in [5.41, 5.74) is 8.47. The summed E-state index contributed by atoms with van der Waals surface area (Å²) < 4.78 is 12.7. The fourth-order valence-corrected chi connectivity index (χ4v) is 11.9. The number of esters is 1. The molecule has 10 rings (SSSR count). The van der Waals surface area contributed by atoms with Crippen LogP contribution in [0, 0.1) is 17.8 Å². The van der Waals surface area contributed by atoms with E-state index in [0.717, 1.165) is 66.6 Å². The average molecular weight is 693 g/mol. The van der Waals surface area contributed by atoms with Crippen molar-refractivity contribution in [3.8, 4) is 5.75 Å². The largest absolute Gasteiger partial charge is 0.496 e. The van der Waals surface area contributed by atoms with E-state index in [1.165, 1.54) is 40.4 Å². The van der Waals surface area contributed by atoms with Gasteiger partial charge in [0, 0.05) is 89.5 Å². The van der Waals surface area contributed by atoms with Crippen LogP contribution >= 0.6 is 0 Å². The second kappa shape index (κ2) is 12.2. The Bertz CT molecular complexity index is 2050. The van der Waals surface area contributed by atoms with Crippen LogP contribution in [-0.4, -0.2) is 100 Å². The number of para-hydroxylation sites is 1. The first-order chi connectivity index (χ1) is 24.7. The number of H-pyrrole nitrogens is 2. The van der Waals surface area contributed by atoms with E-state index in [4.69, 9.17) is 9.47 Å². The van der Waals surface area contributed by atoms with Gasteiger partial charge in [-0.25, -0.2) is 0 Å². The lowest BCUT2D eigenvalue weighted by Gasteiger charge is -2.54. The van der Waals surface area contributed by atoms with Gasteiger partial charge in [-0.2, -0.15) is 0 Å². The van der Waals surface area contributed by atoms with Gasteiger partial charge in [0.05, 0.1) is 31.4 Å². The fraction of sp³-hybridized carbons (Fsp3) is 0.548. The maximum atomic E-state index is 13.0. The van der Waals surface area contributed by atoms with Crippen molar-refractivity contribution >= 4 is 27.8 Å². The van der Waals surface area contributed by atoms with Gasteiger partial charge in [-0.15, -0.1) is 0 Å². The first-order valence-electron chi connectivity index (χ1n) is 19.1. The number of aromatic nitrogens is 2. The summed E-state index contributed by atoms with van der Waals surface area (Å²) in [6, 6.07) is 13.0. The molecule has 3 saturated heterocycles. The van der Waals surface area contributed by atoms with Gasteiger partial charge in [-0.1, -0.05) is 29.8 Å². The van der Waals surface area contributed by atoms with Gasteiger partial charge >= 0.3 is 5.97 Å². The third-order valence-corrected chi connectivity index (χ3v) is 13.9. The van der Waals surface area contributed by atoms with Gasteiger partial charge in [0.15, 0.2) is 5.60 Å². The number of hydrogen-bond acceptors (Lipinski definition) is 7. The normalized spacial score (nSPS) is 34.5. The number of nitrogens with one attached hydrogen (secondary N) is 2. The highest BCUT2D eigenvalue weighted by Crippen LogP contribution is 2.55. The number of fused-ring (bicyclic) bond motifs is 9. The number of nitrogens with zero attached hydrogens (tertiary/aromatic N) is 2. The molecule has 9 heteroatoms. The van der Waals surface area contributed by atoms with Crippen LogP contribution in [0.3, 0.4) is 0 Å². The van der Waals surface area contributed by atoms with Crippen LogP contribution in [0.25, 0.3) is 21.8 Å². The van der Waals surface area contributed by atoms with Crippen molar-refractivity contribution in [1.29, 1.82) is 0 Å². The second-order valence-corrected chi connectivity index (χ2v) is 16.3. The third-order valence-electron chi connectivity index (χ3n) is 13.9. The molecule has 4 aromatic rings. The maximum Gasteiger partial charge on any atom is 0.303 e. The van der Waals surface area contributed by atoms with Crippen LogP contribution in [0.15, 0.2) is 48.0 Å². The Morgan fingerprint density at radius 1 is 1.10 bits per heavy atom. The number of ether oxygens (including phenoxy) is 2. The van der Waals surface area contributed by atoms with E-state index >= 15 is 0 Å². The fourth-order valence-electron chi connectivity index (χ4n) is 11.9. The highest BCUT2D eigenvalue weighted by atomic mass is 16.6. The van der Waals surface area contributed by atoms with Crippen molar-refractivity contribution in [1.82, 2.24) is 19.8 Å². The van der Waals surface area contributed by atoms with Gasteiger partial charge in [0.25, 0.3) is 0 Å². The van der Waals surface area contributed by atoms with Crippen LogP contribution < -0.4 is 4.74 Å². The summed E-state index contributed by atoms with van der Waals surface area (Å²) in [6.45, 7) is 8.12. The van der Waals surface area contributed by atoms with E-state index in [-0.39, 0.29) is 42.5 Å². The van der Waals surface area contributed by atoms with E-state index in [9.17, 15) is 15.0 Å². The van der Waals surface area contributed by atoms with Crippen molar-refractivity contribution < 1.29 is 24.5 Å². The minimum absolute atomic E-state index is 0.149. The first-order valence-corrected chi connectivity index (χ1v) is 19.1. The number of carbonyl (C=O) groups is 1. The number of aliphatic hydroxyl groups is 2. The van der Waals surface area contributed by atoms with Crippen LogP contribution in [0.5, 0.6) is 5.75 Å². The Kier molecular flexibility index (Phi) is 7.96. The molecule has 2 aromatic heterocycles. The zero-order valence-electron chi connectivity index (χ0n) is 30.5. The van der Waals surface area contributed by atoms with Gasteiger partial charge < -0.3 is 29.7 Å². The molecule has 4 N–H and O–H groups in total. The first kappa shape index (κ1) is 33.2. The zero-order chi connectivity index (χ0) is 35.3. The lowest BCUT2D eigenvalue weighted by molar-refractivity contribution is -0.187. The number of benzene rings is 2. The number of methoxy groups -OCH3 is 1. The molecular weight excluding hydrogens is 640 g/mol. The number of hydrogen-bond donors (Lipinski definition) is 4. The maximum absolute atomic E-state index is 13.0. The molecule has 10 atom stereocenters. The average Bonchev–Trinajstić information content (AvgIpc) is 3.65. The highest BCUT2D eigenvalue weighted by Gasteiger charge is 2.57. The summed E-state index contributed by atoms with van der Waals surface area (Å²) in [6.07, 6.45) is 6.30. The number of likely N-dealkylation sites (N-methyl/N-ethyl adjacent to an activating group) is 1. The van der Waals surface area contributed by atoms with E-state index in [1.807, 2.05) is 6.92 Å². The number of allylic oxidation sites excluding steroid dienone is 1. The summed E-state index contributed by atoms with van der Waals surface area (Å²) in [5, 5.41) is 24.8. The molecule has 6 aliphatic rings. The highest BCUT2D eigenvalue weighted by molar-refractivity contribution is 5.92. The quantitative estimate of drug-likeness (QED) is 0.158. The Hall–Kier alpha value is -3.63. The third kappa shape index (κ3) is 4.84. The van der Waals surface area contributed by atoms with Gasteiger partial charge in [-0.3, -0.25) is 14.6 Å². The molecule has 0 amide bonds. The molecule has 1 saturated carbocycles. The Morgan fingerprint density at radius 3 is 2.67 bits per heavy atom. The van der Waals surface area contributed by atoms with Crippen LogP contribution in [-0.2, 0) is 22.4 Å². The summed E-state index contributed by atoms with van der Waals surface area (Å²) in [5.74, 6) is 1.30. The molecule has 0 radical (unpaired) electrons. The SMILES string of the molecule is C/C=C1/CN(C)[C@H]2Cc3c([nH]c4ccccc34)[C@@H](c3c(OC)ccc4c5c([nH]c34)[C@@H]3C[C@H]4C[C@H]([C@H](C)O)[C@@H]3N(CC5)C4)C[C@@H]1[C@]2(CO)OC(C)=O. The lowest BCUT2D eigenvalue weighted by atomic mass is 9.64.